The topological polar surface area (TPSA) is 88.1 Å². The molecule has 0 unspecified atom stereocenters. The van der Waals surface area contributed by atoms with Crippen molar-refractivity contribution in [2.24, 2.45) is 11.8 Å². The highest BCUT2D eigenvalue weighted by Crippen LogP contribution is 2.37. The molecule has 0 radical (unpaired) electrons. The first-order valence-electron chi connectivity index (χ1n) is 11.8. The fourth-order valence-corrected chi connectivity index (χ4v) is 4.83. The lowest BCUT2D eigenvalue weighted by Gasteiger charge is -2.44. The Labute approximate surface area is 199 Å². The van der Waals surface area contributed by atoms with Crippen LogP contribution in [0, 0.1) is 11.8 Å². The van der Waals surface area contributed by atoms with Crippen molar-refractivity contribution in [3.05, 3.63) is 23.8 Å². The van der Waals surface area contributed by atoms with Crippen LogP contribution in [0.2, 0.25) is 0 Å². The fourth-order valence-electron chi connectivity index (χ4n) is 4.83. The summed E-state index contributed by atoms with van der Waals surface area (Å²) in [7, 11) is 8.17. The highest BCUT2D eigenvalue weighted by atomic mass is 16.7. The van der Waals surface area contributed by atoms with Crippen LogP contribution >= 0.6 is 0 Å². The van der Waals surface area contributed by atoms with Crippen LogP contribution in [0.4, 0.5) is 0 Å². The minimum Gasteiger partial charge on any atom is -0.390 e. The van der Waals surface area contributed by atoms with Gasteiger partial charge in [-0.05, 0) is 18.9 Å². The highest BCUT2D eigenvalue weighted by Gasteiger charge is 2.50. The second-order valence-corrected chi connectivity index (χ2v) is 9.01. The lowest BCUT2D eigenvalue weighted by Crippen LogP contribution is -2.60. The third kappa shape index (κ3) is 6.64. The van der Waals surface area contributed by atoms with Gasteiger partial charge in [-0.2, -0.15) is 0 Å². The van der Waals surface area contributed by atoms with Gasteiger partial charge in [0.15, 0.2) is 6.29 Å². The largest absolute Gasteiger partial charge is 0.390 e. The second-order valence-electron chi connectivity index (χ2n) is 9.01. The molecule has 0 spiro atoms. The summed E-state index contributed by atoms with van der Waals surface area (Å²) in [5.41, 5.74) is 0.957. The van der Waals surface area contributed by atoms with Crippen molar-refractivity contribution in [2.45, 2.75) is 89.2 Å². The summed E-state index contributed by atoms with van der Waals surface area (Å²) >= 11 is 0. The van der Waals surface area contributed by atoms with Gasteiger partial charge in [0.1, 0.15) is 30.5 Å². The van der Waals surface area contributed by atoms with Crippen molar-refractivity contribution < 1.29 is 38.3 Å². The summed E-state index contributed by atoms with van der Waals surface area (Å²) in [6.07, 6.45) is 4.20. The van der Waals surface area contributed by atoms with Gasteiger partial charge in [0.05, 0.1) is 18.3 Å². The van der Waals surface area contributed by atoms with E-state index in [1.165, 1.54) is 0 Å². The SMILES string of the molecule is CC[C@H](OC)[C@@H](C)[C@H]1O[C@@H]1[C@H](O)[C@@H](C)/C=C/C=C(\C)[C@@H]1O[C@H](OC)[C@H](OC)[C@@H](OC)[C@H]1OC. The molecule has 8 nitrogen and oxygen atoms in total. The summed E-state index contributed by atoms with van der Waals surface area (Å²) in [6.45, 7) is 8.18. The van der Waals surface area contributed by atoms with Crippen LogP contribution in [0.5, 0.6) is 0 Å². The number of aliphatic hydroxyl groups excluding tert-OH is 1. The first-order chi connectivity index (χ1) is 15.8. The Bertz CT molecular complexity index is 634. The Morgan fingerprint density at radius 3 is 2.06 bits per heavy atom. The molecule has 0 aromatic carbocycles. The molecule has 33 heavy (non-hydrogen) atoms. The number of rotatable bonds is 13. The third-order valence-electron chi connectivity index (χ3n) is 7.01. The van der Waals surface area contributed by atoms with E-state index in [2.05, 4.69) is 13.8 Å². The monoisotopic (exact) mass is 472 g/mol. The Morgan fingerprint density at radius 1 is 0.909 bits per heavy atom. The molecule has 192 valence electrons. The van der Waals surface area contributed by atoms with E-state index in [0.717, 1.165) is 12.0 Å². The number of ether oxygens (including phenoxy) is 7. The summed E-state index contributed by atoms with van der Waals surface area (Å²) in [5, 5.41) is 10.8. The molecule has 2 fully saturated rings. The number of hydrogen-bond acceptors (Lipinski definition) is 8. The maximum Gasteiger partial charge on any atom is 0.186 e. The van der Waals surface area contributed by atoms with Crippen molar-refractivity contribution in [1.29, 1.82) is 0 Å². The summed E-state index contributed by atoms with van der Waals surface area (Å²) in [6, 6.07) is 0. The standard InChI is InChI=1S/C25H44O8/c1-10-17(27-5)16(4)20-21(32-20)18(26)14(2)12-11-13-15(3)19-22(28-6)23(29-7)24(30-8)25(31-9)33-19/h11-14,16-26H,10H2,1-9H3/b12-11+,15-13+/t14-,16+,17-,18+,19-,20+,21+,22-,23-,24+,25-/m0/s1. The van der Waals surface area contributed by atoms with Gasteiger partial charge in [-0.1, -0.05) is 39.0 Å². The van der Waals surface area contributed by atoms with E-state index in [-0.39, 0.29) is 48.5 Å². The molecular formula is C25H44O8. The van der Waals surface area contributed by atoms with Crippen molar-refractivity contribution in [2.75, 3.05) is 35.5 Å². The molecule has 2 aliphatic rings. The molecule has 0 aromatic heterocycles. The molecule has 2 saturated heterocycles. The minimum absolute atomic E-state index is 0.0295. The van der Waals surface area contributed by atoms with Gasteiger partial charge < -0.3 is 38.3 Å². The number of aliphatic hydroxyl groups is 1. The zero-order valence-corrected chi connectivity index (χ0v) is 21.6. The van der Waals surface area contributed by atoms with Gasteiger partial charge >= 0.3 is 0 Å². The first kappa shape index (κ1) is 28.4. The average molecular weight is 473 g/mol. The van der Waals surface area contributed by atoms with Crippen LogP contribution in [0.25, 0.3) is 0 Å². The molecule has 8 heteroatoms. The van der Waals surface area contributed by atoms with E-state index < -0.39 is 18.5 Å². The van der Waals surface area contributed by atoms with E-state index in [1.54, 1.807) is 35.5 Å². The van der Waals surface area contributed by atoms with Crippen molar-refractivity contribution in [3.63, 3.8) is 0 Å². The van der Waals surface area contributed by atoms with Gasteiger partial charge in [-0.15, -0.1) is 0 Å². The molecule has 11 atom stereocenters. The number of epoxide rings is 1. The Kier molecular flexibility index (Phi) is 11.4. The van der Waals surface area contributed by atoms with Crippen molar-refractivity contribution >= 4 is 0 Å². The van der Waals surface area contributed by atoms with E-state index in [0.29, 0.717) is 0 Å². The number of hydrogen-bond donors (Lipinski definition) is 1. The third-order valence-corrected chi connectivity index (χ3v) is 7.01. The van der Waals surface area contributed by atoms with Crippen LogP contribution in [-0.4, -0.2) is 95.8 Å². The van der Waals surface area contributed by atoms with Gasteiger partial charge in [0, 0.05) is 47.4 Å². The number of methoxy groups -OCH3 is 5. The molecule has 0 saturated carbocycles. The zero-order valence-electron chi connectivity index (χ0n) is 21.6. The van der Waals surface area contributed by atoms with Crippen molar-refractivity contribution in [3.8, 4) is 0 Å². The number of allylic oxidation sites excluding steroid dienone is 2. The lowest BCUT2D eigenvalue weighted by atomic mass is 9.91. The maximum absolute atomic E-state index is 10.8. The van der Waals surface area contributed by atoms with Gasteiger partial charge in [0.25, 0.3) is 0 Å². The summed E-state index contributed by atoms with van der Waals surface area (Å²) in [5.74, 6) is 0.173. The van der Waals surface area contributed by atoms with Crippen LogP contribution in [0.1, 0.15) is 34.1 Å². The molecule has 0 aliphatic carbocycles. The Morgan fingerprint density at radius 2 is 1.55 bits per heavy atom. The van der Waals surface area contributed by atoms with E-state index in [4.69, 9.17) is 33.2 Å². The van der Waals surface area contributed by atoms with Crippen LogP contribution < -0.4 is 0 Å². The molecule has 0 aromatic rings. The summed E-state index contributed by atoms with van der Waals surface area (Å²) < 4.78 is 39.9. The van der Waals surface area contributed by atoms with Crippen LogP contribution in [-0.2, 0) is 33.2 Å². The Hall–Kier alpha value is -0.840. The normalized spacial score (nSPS) is 36.5. The Balaban J connectivity index is 2.02. The van der Waals surface area contributed by atoms with Gasteiger partial charge in [-0.3, -0.25) is 0 Å². The van der Waals surface area contributed by atoms with Crippen molar-refractivity contribution in [1.82, 2.24) is 0 Å². The maximum atomic E-state index is 10.8. The molecule has 0 amide bonds. The average Bonchev–Trinajstić information content (AvgIpc) is 3.63. The van der Waals surface area contributed by atoms with E-state index in [9.17, 15) is 5.11 Å². The quantitative estimate of drug-likeness (QED) is 0.323. The second kappa shape index (κ2) is 13.3. The smallest absolute Gasteiger partial charge is 0.186 e. The molecule has 2 aliphatic heterocycles. The predicted octanol–water partition coefficient (Wildman–Crippen LogP) is 2.73. The zero-order chi connectivity index (χ0) is 24.7. The van der Waals surface area contributed by atoms with E-state index >= 15 is 0 Å². The minimum atomic E-state index is -0.576. The van der Waals surface area contributed by atoms with Crippen LogP contribution in [0.3, 0.4) is 0 Å². The molecule has 0 bridgehead atoms. The fraction of sp³-hybridized carbons (Fsp3) is 0.840. The van der Waals surface area contributed by atoms with Gasteiger partial charge in [0.2, 0.25) is 0 Å². The first-order valence-corrected chi connectivity index (χ1v) is 11.8. The summed E-state index contributed by atoms with van der Waals surface area (Å²) in [4.78, 5) is 0. The lowest BCUT2D eigenvalue weighted by molar-refractivity contribution is -0.295. The molecule has 1 N–H and O–H groups in total. The molecular weight excluding hydrogens is 428 g/mol. The van der Waals surface area contributed by atoms with Gasteiger partial charge in [-0.25, -0.2) is 0 Å². The molecule has 2 heterocycles. The van der Waals surface area contributed by atoms with Crippen LogP contribution in [0.15, 0.2) is 23.8 Å². The van der Waals surface area contributed by atoms with E-state index in [1.807, 2.05) is 32.1 Å². The predicted molar refractivity (Wildman–Crippen MR) is 125 cm³/mol. The molecule has 2 rings (SSSR count). The highest BCUT2D eigenvalue weighted by molar-refractivity contribution is 5.19.